The summed E-state index contributed by atoms with van der Waals surface area (Å²) in [6.45, 7) is 3.28. The van der Waals surface area contributed by atoms with Gasteiger partial charge in [-0.15, -0.1) is 0 Å². The molecule has 2 rings (SSSR count). The topological polar surface area (TPSA) is 45.4 Å². The summed E-state index contributed by atoms with van der Waals surface area (Å²) in [5.41, 5.74) is -0.00174. The first-order chi connectivity index (χ1) is 6.83. The van der Waals surface area contributed by atoms with Gasteiger partial charge in [-0.2, -0.15) is 0 Å². The first-order valence-electron chi connectivity index (χ1n) is 5.21. The molecule has 2 heterocycles. The van der Waals surface area contributed by atoms with Crippen LogP contribution in [0, 0.1) is 0 Å². The van der Waals surface area contributed by atoms with Gasteiger partial charge in [-0.05, 0) is 31.5 Å². The van der Waals surface area contributed by atoms with Crippen LogP contribution in [-0.4, -0.2) is 24.3 Å². The van der Waals surface area contributed by atoms with Crippen molar-refractivity contribution in [2.24, 2.45) is 0 Å². The SMILES string of the molecule is CCC1(c2ccco2)CCNC1CO. The summed E-state index contributed by atoms with van der Waals surface area (Å²) in [5.74, 6) is 1.00. The smallest absolute Gasteiger partial charge is 0.111 e. The monoisotopic (exact) mass is 195 g/mol. The lowest BCUT2D eigenvalue weighted by molar-refractivity contribution is 0.186. The average molecular weight is 195 g/mol. The van der Waals surface area contributed by atoms with Crippen molar-refractivity contribution in [3.05, 3.63) is 24.2 Å². The molecule has 1 saturated heterocycles. The highest BCUT2D eigenvalue weighted by Gasteiger charge is 2.44. The Morgan fingerprint density at radius 1 is 1.71 bits per heavy atom. The van der Waals surface area contributed by atoms with E-state index < -0.39 is 0 Å². The molecule has 2 atom stereocenters. The summed E-state index contributed by atoms with van der Waals surface area (Å²) in [6, 6.07) is 4.07. The number of hydrogen-bond donors (Lipinski definition) is 2. The zero-order valence-corrected chi connectivity index (χ0v) is 8.49. The van der Waals surface area contributed by atoms with Crippen molar-refractivity contribution in [2.75, 3.05) is 13.2 Å². The van der Waals surface area contributed by atoms with E-state index in [0.717, 1.165) is 25.1 Å². The maximum absolute atomic E-state index is 9.33. The van der Waals surface area contributed by atoms with E-state index in [4.69, 9.17) is 4.42 Å². The quantitative estimate of drug-likeness (QED) is 0.763. The Balaban J connectivity index is 2.33. The van der Waals surface area contributed by atoms with Crippen LogP contribution in [0.25, 0.3) is 0 Å². The summed E-state index contributed by atoms with van der Waals surface area (Å²) in [5, 5.41) is 12.7. The molecule has 0 bridgehead atoms. The van der Waals surface area contributed by atoms with Crippen molar-refractivity contribution < 1.29 is 9.52 Å². The summed E-state index contributed by atoms with van der Waals surface area (Å²) in [6.07, 6.45) is 3.75. The van der Waals surface area contributed by atoms with Gasteiger partial charge in [0, 0.05) is 11.5 Å². The van der Waals surface area contributed by atoms with E-state index in [1.54, 1.807) is 6.26 Å². The van der Waals surface area contributed by atoms with Crippen molar-refractivity contribution in [2.45, 2.75) is 31.2 Å². The minimum atomic E-state index is -0.00174. The van der Waals surface area contributed by atoms with Gasteiger partial charge in [0.15, 0.2) is 0 Å². The molecule has 2 unspecified atom stereocenters. The fraction of sp³-hybridized carbons (Fsp3) is 0.636. The van der Waals surface area contributed by atoms with Crippen molar-refractivity contribution in [1.82, 2.24) is 5.32 Å². The largest absolute Gasteiger partial charge is 0.469 e. The number of nitrogens with one attached hydrogen (secondary N) is 1. The predicted molar refractivity (Wildman–Crippen MR) is 54.2 cm³/mol. The molecular formula is C11H17NO2. The van der Waals surface area contributed by atoms with E-state index >= 15 is 0 Å². The van der Waals surface area contributed by atoms with Gasteiger partial charge in [0.05, 0.1) is 12.9 Å². The first kappa shape index (κ1) is 9.74. The van der Waals surface area contributed by atoms with Crippen LogP contribution in [0.5, 0.6) is 0 Å². The van der Waals surface area contributed by atoms with Crippen LogP contribution in [-0.2, 0) is 5.41 Å². The predicted octanol–water partition coefficient (Wildman–Crippen LogP) is 1.28. The fourth-order valence-corrected chi connectivity index (χ4v) is 2.53. The van der Waals surface area contributed by atoms with Crippen LogP contribution >= 0.6 is 0 Å². The molecule has 1 aromatic rings. The molecule has 0 saturated carbocycles. The van der Waals surface area contributed by atoms with Crippen molar-refractivity contribution >= 4 is 0 Å². The Morgan fingerprint density at radius 3 is 3.14 bits per heavy atom. The zero-order chi connectivity index (χ0) is 10.0. The second kappa shape index (κ2) is 3.75. The number of aliphatic hydroxyl groups excluding tert-OH is 1. The molecule has 1 aliphatic heterocycles. The van der Waals surface area contributed by atoms with Gasteiger partial charge < -0.3 is 14.8 Å². The molecular weight excluding hydrogens is 178 g/mol. The summed E-state index contributed by atoms with van der Waals surface area (Å²) in [7, 11) is 0. The Morgan fingerprint density at radius 2 is 2.57 bits per heavy atom. The highest BCUT2D eigenvalue weighted by molar-refractivity contribution is 5.20. The van der Waals surface area contributed by atoms with Crippen molar-refractivity contribution in [1.29, 1.82) is 0 Å². The molecule has 0 aliphatic carbocycles. The van der Waals surface area contributed by atoms with Crippen molar-refractivity contribution in [3.63, 3.8) is 0 Å². The molecule has 0 radical (unpaired) electrons. The van der Waals surface area contributed by atoms with E-state index in [1.165, 1.54) is 0 Å². The number of hydrogen-bond acceptors (Lipinski definition) is 3. The van der Waals surface area contributed by atoms with E-state index in [9.17, 15) is 5.11 Å². The number of aliphatic hydroxyl groups is 1. The fourth-order valence-electron chi connectivity index (χ4n) is 2.53. The third-order valence-corrected chi connectivity index (χ3v) is 3.45. The van der Waals surface area contributed by atoms with Crippen LogP contribution in [0.15, 0.2) is 22.8 Å². The van der Waals surface area contributed by atoms with Gasteiger partial charge in [0.1, 0.15) is 5.76 Å². The van der Waals surface area contributed by atoms with Crippen LogP contribution in [0.3, 0.4) is 0 Å². The molecule has 1 aromatic heterocycles. The first-order valence-corrected chi connectivity index (χ1v) is 5.21. The summed E-state index contributed by atoms with van der Waals surface area (Å²) < 4.78 is 5.49. The van der Waals surface area contributed by atoms with Gasteiger partial charge in [-0.1, -0.05) is 6.92 Å². The van der Waals surface area contributed by atoms with Gasteiger partial charge >= 0.3 is 0 Å². The Hall–Kier alpha value is -0.800. The second-order valence-electron chi connectivity index (χ2n) is 3.93. The minimum Gasteiger partial charge on any atom is -0.469 e. The molecule has 78 valence electrons. The van der Waals surface area contributed by atoms with E-state index in [2.05, 4.69) is 12.2 Å². The molecule has 0 amide bonds. The van der Waals surface area contributed by atoms with Crippen LogP contribution in [0.4, 0.5) is 0 Å². The molecule has 2 N–H and O–H groups in total. The van der Waals surface area contributed by atoms with Crippen LogP contribution in [0.1, 0.15) is 25.5 Å². The minimum absolute atomic E-state index is 0.00174. The van der Waals surface area contributed by atoms with E-state index in [0.29, 0.717) is 0 Å². The highest BCUT2D eigenvalue weighted by Crippen LogP contribution is 2.38. The van der Waals surface area contributed by atoms with Gasteiger partial charge in [-0.3, -0.25) is 0 Å². The normalized spacial score (nSPS) is 32.3. The Labute approximate surface area is 84.1 Å². The third kappa shape index (κ3) is 1.28. The molecule has 1 aliphatic rings. The molecule has 14 heavy (non-hydrogen) atoms. The van der Waals surface area contributed by atoms with E-state index in [1.807, 2.05) is 12.1 Å². The lowest BCUT2D eigenvalue weighted by Gasteiger charge is -2.30. The number of rotatable bonds is 3. The lowest BCUT2D eigenvalue weighted by Crippen LogP contribution is -2.42. The lowest BCUT2D eigenvalue weighted by atomic mass is 9.76. The average Bonchev–Trinajstić information content (AvgIpc) is 2.86. The maximum Gasteiger partial charge on any atom is 0.111 e. The van der Waals surface area contributed by atoms with Gasteiger partial charge in [-0.25, -0.2) is 0 Å². The molecule has 0 aromatic carbocycles. The van der Waals surface area contributed by atoms with Crippen LogP contribution in [0.2, 0.25) is 0 Å². The molecule has 1 fully saturated rings. The summed E-state index contributed by atoms with van der Waals surface area (Å²) >= 11 is 0. The second-order valence-corrected chi connectivity index (χ2v) is 3.93. The van der Waals surface area contributed by atoms with Gasteiger partial charge in [0.25, 0.3) is 0 Å². The maximum atomic E-state index is 9.33. The third-order valence-electron chi connectivity index (χ3n) is 3.45. The standard InChI is InChI=1S/C11H17NO2/c1-2-11(10-4-3-7-14-10)5-6-12-9(11)8-13/h3-4,7,9,12-13H,2,5-6,8H2,1H3. The van der Waals surface area contributed by atoms with Crippen molar-refractivity contribution in [3.8, 4) is 0 Å². The van der Waals surface area contributed by atoms with Gasteiger partial charge in [0.2, 0.25) is 0 Å². The molecule has 3 nitrogen and oxygen atoms in total. The molecule has 3 heteroatoms. The summed E-state index contributed by atoms with van der Waals surface area (Å²) in [4.78, 5) is 0. The zero-order valence-electron chi connectivity index (χ0n) is 8.49. The van der Waals surface area contributed by atoms with Crippen LogP contribution < -0.4 is 5.32 Å². The highest BCUT2D eigenvalue weighted by atomic mass is 16.3. The Bertz CT molecular complexity index is 283. The number of furan rings is 1. The van der Waals surface area contributed by atoms with E-state index in [-0.39, 0.29) is 18.1 Å². The molecule has 0 spiro atoms. The Kier molecular flexibility index (Phi) is 2.61.